The van der Waals surface area contributed by atoms with Crippen molar-refractivity contribution in [1.82, 2.24) is 9.62 Å². The molecule has 0 aromatic heterocycles. The predicted octanol–water partition coefficient (Wildman–Crippen LogP) is 1.96. The molecule has 1 N–H and O–H groups in total. The summed E-state index contributed by atoms with van der Waals surface area (Å²) in [5, 5.41) is 3.07. The van der Waals surface area contributed by atoms with Gasteiger partial charge in [0.15, 0.2) is 0 Å². The number of piperidine rings is 1. The van der Waals surface area contributed by atoms with Crippen LogP contribution in [0.4, 0.5) is 4.39 Å². The lowest BCUT2D eigenvalue weighted by Crippen LogP contribution is -2.47. The van der Waals surface area contributed by atoms with Crippen LogP contribution in [0.1, 0.15) is 12.8 Å². The number of halogens is 2. The third kappa shape index (κ3) is 3.16. The normalized spacial score (nSPS) is 21.5. The average molecular weight is 351 g/mol. The van der Waals surface area contributed by atoms with Crippen molar-refractivity contribution in [2.45, 2.75) is 23.8 Å². The lowest BCUT2D eigenvalue weighted by atomic mass is 10.1. The summed E-state index contributed by atoms with van der Waals surface area (Å²) >= 11 is 3.18. The van der Waals surface area contributed by atoms with Gasteiger partial charge < -0.3 is 5.32 Å². The molecule has 1 atom stereocenters. The van der Waals surface area contributed by atoms with Crippen LogP contribution in [-0.4, -0.2) is 38.9 Å². The molecular weight excluding hydrogens is 335 g/mol. The van der Waals surface area contributed by atoms with Crippen molar-refractivity contribution in [3.63, 3.8) is 0 Å². The van der Waals surface area contributed by atoms with Gasteiger partial charge in [-0.2, -0.15) is 4.31 Å². The first kappa shape index (κ1) is 14.9. The Balaban J connectivity index is 2.34. The van der Waals surface area contributed by atoms with Gasteiger partial charge in [-0.1, -0.05) is 15.9 Å². The highest BCUT2D eigenvalue weighted by Crippen LogP contribution is 2.25. The molecule has 0 radical (unpaired) electrons. The number of hydrogen-bond acceptors (Lipinski definition) is 3. The van der Waals surface area contributed by atoms with Crippen molar-refractivity contribution in [3.8, 4) is 0 Å². The summed E-state index contributed by atoms with van der Waals surface area (Å²) in [4.78, 5) is -0.265. The maximum absolute atomic E-state index is 13.8. The van der Waals surface area contributed by atoms with E-state index in [4.69, 9.17) is 0 Å². The summed E-state index contributed by atoms with van der Waals surface area (Å²) in [6, 6.07) is 4.09. The average Bonchev–Trinajstić information content (AvgIpc) is 2.41. The van der Waals surface area contributed by atoms with Crippen LogP contribution in [0.25, 0.3) is 0 Å². The second-order valence-corrected chi connectivity index (χ2v) is 7.39. The van der Waals surface area contributed by atoms with Crippen molar-refractivity contribution in [1.29, 1.82) is 0 Å². The minimum Gasteiger partial charge on any atom is -0.316 e. The van der Waals surface area contributed by atoms with Crippen LogP contribution in [0.2, 0.25) is 0 Å². The molecule has 0 spiro atoms. The molecule has 0 amide bonds. The molecule has 2 rings (SSSR count). The van der Waals surface area contributed by atoms with Crippen LogP contribution >= 0.6 is 15.9 Å². The molecule has 1 aromatic carbocycles. The fraction of sp³-hybridized carbons (Fsp3) is 0.500. The van der Waals surface area contributed by atoms with E-state index < -0.39 is 15.8 Å². The highest BCUT2D eigenvalue weighted by Gasteiger charge is 2.31. The van der Waals surface area contributed by atoms with Gasteiger partial charge in [0.25, 0.3) is 0 Å². The zero-order chi connectivity index (χ0) is 14.0. The van der Waals surface area contributed by atoms with Gasteiger partial charge in [0, 0.05) is 23.6 Å². The molecule has 1 saturated heterocycles. The Kier molecular flexibility index (Phi) is 4.60. The Hall–Kier alpha value is -0.500. The van der Waals surface area contributed by atoms with Crippen LogP contribution in [0.3, 0.4) is 0 Å². The third-order valence-corrected chi connectivity index (χ3v) is 5.68. The Morgan fingerprint density at radius 2 is 2.21 bits per heavy atom. The molecule has 1 fully saturated rings. The molecule has 1 unspecified atom stereocenters. The largest absolute Gasteiger partial charge is 0.316 e. The number of sulfonamides is 1. The Morgan fingerprint density at radius 3 is 2.89 bits per heavy atom. The zero-order valence-electron chi connectivity index (χ0n) is 10.6. The molecule has 19 heavy (non-hydrogen) atoms. The third-order valence-electron chi connectivity index (χ3n) is 3.30. The maximum atomic E-state index is 13.8. The summed E-state index contributed by atoms with van der Waals surface area (Å²) < 4.78 is 40.6. The first-order chi connectivity index (χ1) is 8.95. The highest BCUT2D eigenvalue weighted by molar-refractivity contribution is 9.10. The quantitative estimate of drug-likeness (QED) is 0.906. The number of rotatable bonds is 3. The number of hydrogen-bond donors (Lipinski definition) is 1. The molecular formula is C12H16BrFN2O2S. The molecule has 1 heterocycles. The van der Waals surface area contributed by atoms with Gasteiger partial charge >= 0.3 is 0 Å². The van der Waals surface area contributed by atoms with Gasteiger partial charge in [0.2, 0.25) is 10.0 Å². The second kappa shape index (κ2) is 5.87. The van der Waals surface area contributed by atoms with Crippen molar-refractivity contribution in [3.05, 3.63) is 28.5 Å². The van der Waals surface area contributed by atoms with E-state index >= 15 is 0 Å². The van der Waals surface area contributed by atoms with Crippen LogP contribution in [0, 0.1) is 5.82 Å². The molecule has 0 bridgehead atoms. The summed E-state index contributed by atoms with van der Waals surface area (Å²) in [5.74, 6) is -0.713. The maximum Gasteiger partial charge on any atom is 0.246 e. The topological polar surface area (TPSA) is 49.4 Å². The van der Waals surface area contributed by atoms with E-state index in [-0.39, 0.29) is 10.9 Å². The van der Waals surface area contributed by atoms with Gasteiger partial charge in [0.1, 0.15) is 10.7 Å². The van der Waals surface area contributed by atoms with Crippen molar-refractivity contribution >= 4 is 26.0 Å². The van der Waals surface area contributed by atoms with Crippen LogP contribution < -0.4 is 5.32 Å². The first-order valence-electron chi connectivity index (χ1n) is 6.07. The van der Waals surface area contributed by atoms with E-state index in [1.54, 1.807) is 7.05 Å². The fourth-order valence-electron chi connectivity index (χ4n) is 2.21. The van der Waals surface area contributed by atoms with Crippen molar-refractivity contribution in [2.75, 3.05) is 20.1 Å². The van der Waals surface area contributed by atoms with Crippen molar-refractivity contribution in [2.24, 2.45) is 0 Å². The smallest absolute Gasteiger partial charge is 0.246 e. The van der Waals surface area contributed by atoms with E-state index in [0.29, 0.717) is 17.6 Å². The minimum absolute atomic E-state index is 0.124. The van der Waals surface area contributed by atoms with Gasteiger partial charge in [-0.15, -0.1) is 0 Å². The molecule has 7 heteroatoms. The first-order valence-corrected chi connectivity index (χ1v) is 8.31. The van der Waals surface area contributed by atoms with Gasteiger partial charge in [0.05, 0.1) is 0 Å². The number of nitrogens with one attached hydrogen (secondary N) is 1. The van der Waals surface area contributed by atoms with Crippen LogP contribution in [-0.2, 0) is 10.0 Å². The summed E-state index contributed by atoms with van der Waals surface area (Å²) in [7, 11) is -1.96. The number of nitrogens with zero attached hydrogens (tertiary/aromatic N) is 1. The molecule has 1 aromatic rings. The highest BCUT2D eigenvalue weighted by atomic mass is 79.9. The van der Waals surface area contributed by atoms with Crippen LogP contribution in [0.5, 0.6) is 0 Å². The summed E-state index contributed by atoms with van der Waals surface area (Å²) in [6.07, 6.45) is 1.71. The van der Waals surface area contributed by atoms with Crippen molar-refractivity contribution < 1.29 is 12.8 Å². The van der Waals surface area contributed by atoms with E-state index in [0.717, 1.165) is 18.9 Å². The number of likely N-dealkylation sites (N-methyl/N-ethyl adjacent to an activating group) is 1. The summed E-state index contributed by atoms with van der Waals surface area (Å²) in [6.45, 7) is 0.817. The molecule has 1 aliphatic heterocycles. The molecule has 106 valence electrons. The Morgan fingerprint density at radius 1 is 1.47 bits per heavy atom. The van der Waals surface area contributed by atoms with Crippen LogP contribution in [0.15, 0.2) is 27.6 Å². The van der Waals surface area contributed by atoms with E-state index in [1.165, 1.54) is 16.4 Å². The Bertz CT molecular complexity index is 565. The minimum atomic E-state index is -3.77. The fourth-order valence-corrected chi connectivity index (χ4v) is 4.34. The molecule has 0 saturated carbocycles. The SMILES string of the molecule is CNC1CCCN(S(=O)(=O)c2cc(Br)ccc2F)C1. The van der Waals surface area contributed by atoms with Gasteiger partial charge in [-0.3, -0.25) is 0 Å². The van der Waals surface area contributed by atoms with E-state index in [2.05, 4.69) is 21.2 Å². The molecule has 1 aliphatic rings. The lowest BCUT2D eigenvalue weighted by Gasteiger charge is -2.31. The molecule has 0 aliphatic carbocycles. The molecule has 4 nitrogen and oxygen atoms in total. The standard InChI is InChI=1S/C12H16BrFN2O2S/c1-15-10-3-2-6-16(8-10)19(17,18)12-7-9(13)4-5-11(12)14/h4-5,7,10,15H,2-3,6,8H2,1H3. The zero-order valence-corrected chi connectivity index (χ0v) is 13.0. The lowest BCUT2D eigenvalue weighted by molar-refractivity contribution is 0.292. The van der Waals surface area contributed by atoms with Gasteiger partial charge in [-0.05, 0) is 38.1 Å². The monoisotopic (exact) mass is 350 g/mol. The predicted molar refractivity (Wildman–Crippen MR) is 74.9 cm³/mol. The number of benzene rings is 1. The van der Waals surface area contributed by atoms with E-state index in [1.807, 2.05) is 0 Å². The Labute approximate surface area is 121 Å². The van der Waals surface area contributed by atoms with Gasteiger partial charge in [-0.25, -0.2) is 12.8 Å². The second-order valence-electron chi connectivity index (χ2n) is 4.57. The summed E-state index contributed by atoms with van der Waals surface area (Å²) in [5.41, 5.74) is 0. The van der Waals surface area contributed by atoms with E-state index in [9.17, 15) is 12.8 Å².